The van der Waals surface area contributed by atoms with Crippen LogP contribution in [0.3, 0.4) is 0 Å². The first-order chi connectivity index (χ1) is 16.1. The van der Waals surface area contributed by atoms with Crippen molar-refractivity contribution in [1.82, 2.24) is 9.97 Å². The molecule has 0 fully saturated rings. The van der Waals surface area contributed by atoms with Crippen molar-refractivity contribution in [2.45, 2.75) is 38.5 Å². The molecule has 4 rings (SSSR count). The van der Waals surface area contributed by atoms with E-state index in [1.807, 2.05) is 49.4 Å². The molecular weight excluding hydrogens is 412 g/mol. The number of carbonyl (C=O) groups is 1. The van der Waals surface area contributed by atoms with Crippen LogP contribution in [0.15, 0.2) is 83.5 Å². The second-order valence-corrected chi connectivity index (χ2v) is 8.12. The van der Waals surface area contributed by atoms with E-state index in [9.17, 15) is 4.79 Å². The quantitative estimate of drug-likeness (QED) is 0.312. The molecule has 0 saturated heterocycles. The lowest BCUT2D eigenvalue weighted by molar-refractivity contribution is -0.142. The van der Waals surface area contributed by atoms with Crippen LogP contribution in [-0.2, 0) is 28.8 Å². The van der Waals surface area contributed by atoms with Gasteiger partial charge >= 0.3 is 5.97 Å². The van der Waals surface area contributed by atoms with Crippen LogP contribution in [-0.4, -0.2) is 23.0 Å². The number of methoxy groups -OCH3 is 1. The molecule has 1 unspecified atom stereocenters. The van der Waals surface area contributed by atoms with Crippen LogP contribution >= 0.6 is 0 Å². The molecule has 0 amide bonds. The van der Waals surface area contributed by atoms with Crippen LogP contribution < -0.4 is 0 Å². The first-order valence-electron chi connectivity index (χ1n) is 11.2. The Kier molecular flexibility index (Phi) is 7.30. The number of rotatable bonds is 9. The van der Waals surface area contributed by atoms with Crippen LogP contribution in [0.4, 0.5) is 0 Å². The SMILES string of the molecule is COC(=O)C(Cc1ccc(CCCc2nc(-c3ccccc3)oc2C)cc1)c1cccnc1. The van der Waals surface area contributed by atoms with Crippen LogP contribution in [0.5, 0.6) is 0 Å². The lowest BCUT2D eigenvalue weighted by atomic mass is 9.92. The predicted molar refractivity (Wildman–Crippen MR) is 128 cm³/mol. The second kappa shape index (κ2) is 10.7. The molecule has 0 saturated carbocycles. The van der Waals surface area contributed by atoms with Crippen LogP contribution in [0.2, 0.25) is 0 Å². The monoisotopic (exact) mass is 440 g/mol. The number of nitrogens with zero attached hydrogens (tertiary/aromatic N) is 2. The van der Waals surface area contributed by atoms with Gasteiger partial charge in [-0.05, 0) is 67.5 Å². The van der Waals surface area contributed by atoms with Gasteiger partial charge in [-0.1, -0.05) is 48.5 Å². The molecule has 2 heterocycles. The zero-order valence-electron chi connectivity index (χ0n) is 19.0. The molecule has 2 aromatic heterocycles. The lowest BCUT2D eigenvalue weighted by Gasteiger charge is -2.15. The molecule has 5 heteroatoms. The van der Waals surface area contributed by atoms with Gasteiger partial charge in [0.05, 0.1) is 18.7 Å². The van der Waals surface area contributed by atoms with Crippen molar-refractivity contribution in [3.8, 4) is 11.5 Å². The third-order valence-electron chi connectivity index (χ3n) is 5.83. The molecule has 0 radical (unpaired) electrons. The highest BCUT2D eigenvalue weighted by molar-refractivity contribution is 5.78. The third kappa shape index (κ3) is 5.75. The molecular formula is C28H28N2O3. The number of benzene rings is 2. The highest BCUT2D eigenvalue weighted by Gasteiger charge is 2.22. The summed E-state index contributed by atoms with van der Waals surface area (Å²) >= 11 is 0. The summed E-state index contributed by atoms with van der Waals surface area (Å²) in [6.45, 7) is 1.98. The smallest absolute Gasteiger partial charge is 0.313 e. The van der Waals surface area contributed by atoms with Crippen molar-refractivity contribution >= 4 is 5.97 Å². The fraction of sp³-hybridized carbons (Fsp3) is 0.250. The fourth-order valence-electron chi connectivity index (χ4n) is 3.96. The van der Waals surface area contributed by atoms with Gasteiger partial charge in [0, 0.05) is 18.0 Å². The Bertz CT molecular complexity index is 1170. The van der Waals surface area contributed by atoms with Gasteiger partial charge in [0.1, 0.15) is 5.76 Å². The maximum atomic E-state index is 12.3. The third-order valence-corrected chi connectivity index (χ3v) is 5.83. The minimum absolute atomic E-state index is 0.245. The topological polar surface area (TPSA) is 65.2 Å². The summed E-state index contributed by atoms with van der Waals surface area (Å²) < 4.78 is 10.9. The molecule has 168 valence electrons. The Morgan fingerprint density at radius 3 is 2.42 bits per heavy atom. The molecule has 5 nitrogen and oxygen atoms in total. The van der Waals surface area contributed by atoms with Gasteiger partial charge in [-0.2, -0.15) is 0 Å². The number of aromatic nitrogens is 2. The number of hydrogen-bond donors (Lipinski definition) is 0. The summed E-state index contributed by atoms with van der Waals surface area (Å²) in [5.74, 6) is 0.961. The lowest BCUT2D eigenvalue weighted by Crippen LogP contribution is -2.17. The summed E-state index contributed by atoms with van der Waals surface area (Å²) in [6, 6.07) is 22.2. The summed E-state index contributed by atoms with van der Waals surface area (Å²) in [4.78, 5) is 21.2. The molecule has 0 aliphatic carbocycles. The number of hydrogen-bond acceptors (Lipinski definition) is 5. The highest BCUT2D eigenvalue weighted by atomic mass is 16.5. The molecule has 4 aromatic rings. The molecule has 0 N–H and O–H groups in total. The average molecular weight is 441 g/mol. The Morgan fingerprint density at radius 1 is 0.970 bits per heavy atom. The van der Waals surface area contributed by atoms with Crippen molar-refractivity contribution in [3.05, 3.63) is 107 Å². The molecule has 2 aromatic carbocycles. The zero-order valence-corrected chi connectivity index (χ0v) is 19.0. The summed E-state index contributed by atoms with van der Waals surface area (Å²) in [5.41, 5.74) is 5.24. The van der Waals surface area contributed by atoms with Crippen molar-refractivity contribution in [2.24, 2.45) is 0 Å². The number of pyridine rings is 1. The van der Waals surface area contributed by atoms with Gasteiger partial charge < -0.3 is 9.15 Å². The maximum Gasteiger partial charge on any atom is 0.313 e. The van der Waals surface area contributed by atoms with Crippen LogP contribution in [0.25, 0.3) is 11.5 Å². The summed E-state index contributed by atoms with van der Waals surface area (Å²) in [5, 5.41) is 0. The van der Waals surface area contributed by atoms with E-state index in [0.29, 0.717) is 12.3 Å². The maximum absolute atomic E-state index is 12.3. The molecule has 33 heavy (non-hydrogen) atoms. The number of aryl methyl sites for hydroxylation is 3. The van der Waals surface area contributed by atoms with E-state index in [0.717, 1.165) is 47.4 Å². The largest absolute Gasteiger partial charge is 0.469 e. The standard InChI is InChI=1S/C28H28N2O3/c1-20-26(30-27(33-20)23-9-4-3-5-10-23)12-6-8-21-13-15-22(16-14-21)18-25(28(31)32-2)24-11-7-17-29-19-24/h3-5,7,9-11,13-17,19,25H,6,8,12,18H2,1-2H3. The van der Waals surface area contributed by atoms with E-state index in [1.165, 1.54) is 12.7 Å². The van der Waals surface area contributed by atoms with Gasteiger partial charge in [-0.3, -0.25) is 9.78 Å². The minimum atomic E-state index is -0.358. The van der Waals surface area contributed by atoms with E-state index < -0.39 is 0 Å². The molecule has 0 aliphatic rings. The first kappa shape index (κ1) is 22.5. The zero-order chi connectivity index (χ0) is 23.0. The normalized spacial score (nSPS) is 11.8. The average Bonchev–Trinajstić information content (AvgIpc) is 3.24. The van der Waals surface area contributed by atoms with Crippen LogP contribution in [0, 0.1) is 6.92 Å². The van der Waals surface area contributed by atoms with Gasteiger partial charge in [-0.25, -0.2) is 4.98 Å². The molecule has 0 spiro atoms. The van der Waals surface area contributed by atoms with Crippen LogP contribution in [0.1, 0.15) is 40.5 Å². The van der Waals surface area contributed by atoms with E-state index in [-0.39, 0.29) is 11.9 Å². The van der Waals surface area contributed by atoms with E-state index in [1.54, 1.807) is 12.4 Å². The Morgan fingerprint density at radius 2 is 1.73 bits per heavy atom. The summed E-state index contributed by atoms with van der Waals surface area (Å²) in [7, 11) is 1.42. The Hall–Kier alpha value is -3.73. The Labute approximate surface area is 194 Å². The van der Waals surface area contributed by atoms with Crippen molar-refractivity contribution in [2.75, 3.05) is 7.11 Å². The van der Waals surface area contributed by atoms with Gasteiger partial charge in [0.2, 0.25) is 5.89 Å². The van der Waals surface area contributed by atoms with Gasteiger partial charge in [0.15, 0.2) is 0 Å². The second-order valence-electron chi connectivity index (χ2n) is 8.12. The number of ether oxygens (including phenoxy) is 1. The van der Waals surface area contributed by atoms with Crippen molar-refractivity contribution in [3.63, 3.8) is 0 Å². The van der Waals surface area contributed by atoms with Crippen molar-refractivity contribution < 1.29 is 13.9 Å². The number of esters is 1. The van der Waals surface area contributed by atoms with E-state index >= 15 is 0 Å². The van der Waals surface area contributed by atoms with Crippen molar-refractivity contribution in [1.29, 1.82) is 0 Å². The Balaban J connectivity index is 1.34. The number of carbonyl (C=O) groups excluding carboxylic acids is 1. The van der Waals surface area contributed by atoms with E-state index in [2.05, 4.69) is 29.2 Å². The molecule has 1 atom stereocenters. The van der Waals surface area contributed by atoms with Gasteiger partial charge in [-0.15, -0.1) is 0 Å². The molecule has 0 aliphatic heterocycles. The fourth-order valence-corrected chi connectivity index (χ4v) is 3.96. The number of oxazole rings is 1. The highest BCUT2D eigenvalue weighted by Crippen LogP contribution is 2.24. The molecule has 0 bridgehead atoms. The summed E-state index contributed by atoms with van der Waals surface area (Å²) in [6.07, 6.45) is 6.83. The predicted octanol–water partition coefficient (Wildman–Crippen LogP) is 5.72. The first-order valence-corrected chi connectivity index (χ1v) is 11.2. The van der Waals surface area contributed by atoms with E-state index in [4.69, 9.17) is 14.1 Å². The van der Waals surface area contributed by atoms with Gasteiger partial charge in [0.25, 0.3) is 0 Å². The minimum Gasteiger partial charge on any atom is -0.469 e.